The summed E-state index contributed by atoms with van der Waals surface area (Å²) >= 11 is 1.68. The van der Waals surface area contributed by atoms with Crippen LogP contribution in [-0.2, 0) is 17.7 Å². The highest BCUT2D eigenvalue weighted by atomic mass is 32.1. The maximum atomic E-state index is 12.7. The van der Waals surface area contributed by atoms with E-state index >= 15 is 0 Å². The minimum absolute atomic E-state index is 0.0602. The van der Waals surface area contributed by atoms with Crippen LogP contribution in [0, 0.1) is 0 Å². The number of esters is 1. The molecule has 7 nitrogen and oxygen atoms in total. The molecule has 0 aromatic carbocycles. The molecule has 5 heterocycles. The molecule has 0 amide bonds. The zero-order valence-electron chi connectivity index (χ0n) is 16.3. The number of aromatic nitrogens is 1. The molecule has 1 N–H and O–H groups in total. The molecule has 0 bridgehead atoms. The third kappa shape index (κ3) is 3.09. The highest BCUT2D eigenvalue weighted by Gasteiger charge is 2.32. The Morgan fingerprint density at radius 2 is 2.33 bits per heavy atom. The van der Waals surface area contributed by atoms with Crippen LogP contribution in [0.3, 0.4) is 0 Å². The van der Waals surface area contributed by atoms with Crippen molar-refractivity contribution in [2.45, 2.75) is 19.9 Å². The van der Waals surface area contributed by atoms with Crippen molar-refractivity contribution in [2.24, 2.45) is 4.99 Å². The van der Waals surface area contributed by atoms with E-state index in [1.54, 1.807) is 36.7 Å². The normalized spacial score (nSPS) is 16.0. The van der Waals surface area contributed by atoms with Crippen LogP contribution in [0.5, 0.6) is 5.75 Å². The zero-order valence-corrected chi connectivity index (χ0v) is 17.1. The first-order valence-corrected chi connectivity index (χ1v) is 10.6. The van der Waals surface area contributed by atoms with E-state index in [4.69, 9.17) is 9.15 Å². The minimum Gasteiger partial charge on any atom is -0.504 e. The molecule has 0 spiro atoms. The van der Waals surface area contributed by atoms with Crippen LogP contribution in [0.1, 0.15) is 39.0 Å². The van der Waals surface area contributed by atoms with Crippen LogP contribution < -0.4 is 4.90 Å². The number of allylic oxidation sites excluding steroid dienone is 1. The Morgan fingerprint density at radius 3 is 3.20 bits per heavy atom. The highest BCUT2D eigenvalue weighted by Crippen LogP contribution is 2.41. The number of ether oxygens (including phenoxy) is 1. The lowest BCUT2D eigenvalue weighted by Crippen LogP contribution is -2.30. The van der Waals surface area contributed by atoms with Crippen molar-refractivity contribution >= 4 is 46.9 Å². The number of rotatable bonds is 4. The molecule has 0 aliphatic carbocycles. The van der Waals surface area contributed by atoms with Crippen LogP contribution in [-0.4, -0.2) is 35.4 Å². The Morgan fingerprint density at radius 1 is 1.43 bits per heavy atom. The van der Waals surface area contributed by atoms with E-state index in [0.717, 1.165) is 17.6 Å². The lowest BCUT2D eigenvalue weighted by molar-refractivity contribution is 0.0523. The van der Waals surface area contributed by atoms with Crippen molar-refractivity contribution < 1.29 is 19.1 Å². The molecular weight excluding hydrogens is 402 g/mol. The fourth-order valence-electron chi connectivity index (χ4n) is 3.73. The summed E-state index contributed by atoms with van der Waals surface area (Å²) in [6, 6.07) is 5.85. The van der Waals surface area contributed by atoms with Crippen molar-refractivity contribution in [1.82, 2.24) is 4.98 Å². The van der Waals surface area contributed by atoms with Gasteiger partial charge in [-0.2, -0.15) is 0 Å². The van der Waals surface area contributed by atoms with Gasteiger partial charge in [0.05, 0.1) is 13.2 Å². The van der Waals surface area contributed by atoms with Crippen molar-refractivity contribution in [2.75, 3.05) is 18.1 Å². The molecule has 8 heteroatoms. The summed E-state index contributed by atoms with van der Waals surface area (Å²) in [5.41, 5.74) is 2.97. The first kappa shape index (κ1) is 18.6. The first-order valence-electron chi connectivity index (χ1n) is 9.70. The molecule has 0 atom stereocenters. The summed E-state index contributed by atoms with van der Waals surface area (Å²) < 4.78 is 11.2. The fraction of sp³-hybridized carbons (Fsp3) is 0.227. The summed E-state index contributed by atoms with van der Waals surface area (Å²) in [6.07, 6.45) is 5.88. The van der Waals surface area contributed by atoms with E-state index in [2.05, 4.69) is 21.4 Å². The summed E-state index contributed by atoms with van der Waals surface area (Å²) in [5, 5.41) is 12.9. The molecule has 0 radical (unpaired) electrons. The predicted molar refractivity (Wildman–Crippen MR) is 116 cm³/mol. The number of aliphatic imine (C=N–C) groups is 1. The maximum Gasteiger partial charge on any atom is 0.347 e. The first-order chi connectivity index (χ1) is 14.7. The van der Waals surface area contributed by atoms with E-state index in [0.29, 0.717) is 24.8 Å². The Labute approximate surface area is 177 Å². The van der Waals surface area contributed by atoms with E-state index in [-0.39, 0.29) is 23.7 Å². The largest absolute Gasteiger partial charge is 0.504 e. The van der Waals surface area contributed by atoms with E-state index in [1.165, 1.54) is 10.4 Å². The van der Waals surface area contributed by atoms with Crippen LogP contribution >= 0.6 is 11.3 Å². The standard InChI is InChI=1S/C22H19N3O4S/c1-2-28-22(27)18-19(26)16(10-14-11-24-20-15(14)4-3-7-23-20)29-21(18)25-8-5-13-6-9-30-17(13)12-25/h3-4,6-7,9-11,26H,2,5,8,12H2,1H3. The number of carbonyl (C=O) groups is 1. The van der Waals surface area contributed by atoms with Crippen LogP contribution in [0.15, 0.2) is 39.2 Å². The van der Waals surface area contributed by atoms with Gasteiger partial charge in [-0.15, -0.1) is 11.3 Å². The van der Waals surface area contributed by atoms with Crippen molar-refractivity contribution in [3.63, 3.8) is 0 Å². The summed E-state index contributed by atoms with van der Waals surface area (Å²) in [6.45, 7) is 3.25. The van der Waals surface area contributed by atoms with Gasteiger partial charge < -0.3 is 19.2 Å². The molecule has 2 aliphatic heterocycles. The van der Waals surface area contributed by atoms with Gasteiger partial charge in [-0.25, -0.2) is 14.8 Å². The number of thiophene rings is 1. The number of aromatic hydroxyl groups is 1. The molecule has 152 valence electrons. The molecule has 0 saturated carbocycles. The minimum atomic E-state index is -0.600. The number of hydrogen-bond donors (Lipinski definition) is 1. The molecule has 3 aromatic heterocycles. The van der Waals surface area contributed by atoms with Gasteiger partial charge in [-0.3, -0.25) is 0 Å². The molecule has 5 rings (SSSR count). The molecule has 3 aromatic rings. The van der Waals surface area contributed by atoms with Gasteiger partial charge in [-0.05, 0) is 48.6 Å². The number of carbonyl (C=O) groups excluding carboxylic acids is 1. The molecule has 0 fully saturated rings. The smallest absolute Gasteiger partial charge is 0.347 e. The second-order valence-corrected chi connectivity index (χ2v) is 7.99. The lowest BCUT2D eigenvalue weighted by Gasteiger charge is -2.27. The van der Waals surface area contributed by atoms with Crippen molar-refractivity contribution in [3.8, 4) is 5.75 Å². The average Bonchev–Trinajstić information content (AvgIpc) is 3.46. The van der Waals surface area contributed by atoms with Gasteiger partial charge in [0.15, 0.2) is 22.9 Å². The summed E-state index contributed by atoms with van der Waals surface area (Å²) in [7, 11) is 0. The molecule has 0 unspecified atom stereocenters. The molecule has 0 saturated heterocycles. The molecular formula is C22H19N3O4S. The van der Waals surface area contributed by atoms with Gasteiger partial charge in [0.2, 0.25) is 5.88 Å². The van der Waals surface area contributed by atoms with Gasteiger partial charge >= 0.3 is 5.97 Å². The second kappa shape index (κ2) is 7.46. The van der Waals surface area contributed by atoms with Crippen LogP contribution in [0.4, 0.5) is 11.7 Å². The Bertz CT molecular complexity index is 1190. The Balaban J connectivity index is 1.57. The molecule has 2 aliphatic rings. The summed E-state index contributed by atoms with van der Waals surface area (Å²) in [5.74, 6) is 0.319. The quantitative estimate of drug-likeness (QED) is 0.627. The topological polar surface area (TPSA) is 88.2 Å². The van der Waals surface area contributed by atoms with Crippen LogP contribution in [0.2, 0.25) is 0 Å². The third-order valence-corrected chi connectivity index (χ3v) is 6.14. The van der Waals surface area contributed by atoms with Crippen molar-refractivity contribution in [1.29, 1.82) is 0 Å². The monoisotopic (exact) mass is 421 g/mol. The van der Waals surface area contributed by atoms with Gasteiger partial charge in [0.25, 0.3) is 0 Å². The number of nitrogens with zero attached hydrogens (tertiary/aromatic N) is 3. The fourth-order valence-corrected chi connectivity index (χ4v) is 4.68. The van der Waals surface area contributed by atoms with Crippen LogP contribution in [0.25, 0.3) is 11.6 Å². The Kier molecular flexibility index (Phi) is 4.63. The van der Waals surface area contributed by atoms with Gasteiger partial charge in [0.1, 0.15) is 0 Å². The van der Waals surface area contributed by atoms with E-state index < -0.39 is 5.97 Å². The van der Waals surface area contributed by atoms with E-state index in [9.17, 15) is 9.90 Å². The SMILES string of the molecule is CCOC(=O)c1c(N2CCc3ccsc3C2)oc(C=C2C=Nc3ncccc32)c1O. The molecule has 30 heavy (non-hydrogen) atoms. The van der Waals surface area contributed by atoms with E-state index in [1.807, 2.05) is 17.0 Å². The number of furan rings is 1. The van der Waals surface area contributed by atoms with Gasteiger partial charge in [0, 0.05) is 35.0 Å². The number of hydrogen-bond acceptors (Lipinski definition) is 8. The number of pyridine rings is 1. The number of anilines is 1. The lowest BCUT2D eigenvalue weighted by atomic mass is 10.1. The average molecular weight is 421 g/mol. The maximum absolute atomic E-state index is 12.7. The second-order valence-electron chi connectivity index (χ2n) is 6.99. The predicted octanol–water partition coefficient (Wildman–Crippen LogP) is 4.44. The Hall–Kier alpha value is -3.39. The highest BCUT2D eigenvalue weighted by molar-refractivity contribution is 7.10. The third-order valence-electron chi connectivity index (χ3n) is 5.19. The number of fused-ring (bicyclic) bond motifs is 2. The zero-order chi connectivity index (χ0) is 20.7. The summed E-state index contributed by atoms with van der Waals surface area (Å²) in [4.78, 5) is 24.4. The van der Waals surface area contributed by atoms with Gasteiger partial charge in [-0.1, -0.05) is 0 Å². The van der Waals surface area contributed by atoms with Crippen molar-refractivity contribution in [3.05, 3.63) is 57.1 Å².